The molecular formula is C28H27N7OS2. The molecule has 2 aromatic carbocycles. The van der Waals surface area contributed by atoms with Gasteiger partial charge in [-0.1, -0.05) is 90.9 Å². The lowest BCUT2D eigenvalue weighted by atomic mass is 9.90. The quantitative estimate of drug-likeness (QED) is 0.241. The van der Waals surface area contributed by atoms with Gasteiger partial charge in [-0.3, -0.25) is 10.1 Å². The van der Waals surface area contributed by atoms with Gasteiger partial charge in [-0.05, 0) is 25.0 Å². The number of carbonyl (C=O) groups excluding carboxylic acids is 1. The van der Waals surface area contributed by atoms with Crippen LogP contribution in [-0.2, 0) is 11.8 Å². The number of hydrogen-bond donors (Lipinski definition) is 1. The molecule has 0 atom stereocenters. The molecule has 3 heterocycles. The second kappa shape index (κ2) is 11.0. The summed E-state index contributed by atoms with van der Waals surface area (Å²) in [6.07, 6.45) is 6.10. The number of anilines is 1. The minimum absolute atomic E-state index is 0.133. The summed E-state index contributed by atoms with van der Waals surface area (Å²) in [5, 5.41) is 23.6. The van der Waals surface area contributed by atoms with Crippen LogP contribution in [0.5, 0.6) is 0 Å². The molecule has 0 radical (unpaired) electrons. The summed E-state index contributed by atoms with van der Waals surface area (Å²) in [5.41, 5.74) is 3.76. The zero-order chi connectivity index (χ0) is 25.9. The van der Waals surface area contributed by atoms with E-state index in [1.807, 2.05) is 66.2 Å². The maximum atomic E-state index is 12.7. The topological polar surface area (TPSA) is 98.5 Å². The Balaban J connectivity index is 1.19. The maximum absolute atomic E-state index is 12.7. The van der Waals surface area contributed by atoms with E-state index in [1.54, 1.807) is 0 Å². The van der Waals surface area contributed by atoms with Gasteiger partial charge in [0, 0.05) is 29.5 Å². The molecule has 192 valence electrons. The van der Waals surface area contributed by atoms with Gasteiger partial charge in [0.05, 0.1) is 17.0 Å². The SMILES string of the molecule is Cn1c(SCC(=O)Nc2nnc(C3CCCCC3)s2)nnc1-c1cc(-c2ccccc2)nc2ccccc12. The number of nitrogens with one attached hydrogen (secondary N) is 1. The van der Waals surface area contributed by atoms with Crippen LogP contribution in [-0.4, -0.2) is 41.6 Å². The van der Waals surface area contributed by atoms with E-state index in [1.165, 1.54) is 42.4 Å². The molecule has 1 aliphatic rings. The number of hydrogen-bond acceptors (Lipinski definition) is 8. The van der Waals surface area contributed by atoms with Crippen molar-refractivity contribution in [1.82, 2.24) is 29.9 Å². The molecule has 1 aliphatic carbocycles. The number of fused-ring (bicyclic) bond motifs is 1. The number of benzene rings is 2. The summed E-state index contributed by atoms with van der Waals surface area (Å²) in [5.74, 6) is 1.28. The average Bonchev–Trinajstić information content (AvgIpc) is 3.58. The van der Waals surface area contributed by atoms with Gasteiger partial charge < -0.3 is 4.57 Å². The average molecular weight is 542 g/mol. The Morgan fingerprint density at radius 3 is 2.63 bits per heavy atom. The van der Waals surface area contributed by atoms with Gasteiger partial charge in [-0.25, -0.2) is 4.98 Å². The molecule has 8 nitrogen and oxygen atoms in total. The minimum Gasteiger partial charge on any atom is -0.305 e. The monoisotopic (exact) mass is 541 g/mol. The fourth-order valence-electron chi connectivity index (χ4n) is 4.88. The molecule has 1 N–H and O–H groups in total. The van der Waals surface area contributed by atoms with E-state index in [9.17, 15) is 4.79 Å². The molecule has 10 heteroatoms. The van der Waals surface area contributed by atoms with E-state index in [4.69, 9.17) is 4.98 Å². The molecule has 1 fully saturated rings. The highest BCUT2D eigenvalue weighted by Crippen LogP contribution is 2.35. The van der Waals surface area contributed by atoms with E-state index in [0.29, 0.717) is 16.2 Å². The zero-order valence-electron chi connectivity index (χ0n) is 21.0. The molecule has 0 saturated heterocycles. The number of pyridine rings is 1. The molecule has 0 bridgehead atoms. The Labute approximate surface area is 228 Å². The van der Waals surface area contributed by atoms with Gasteiger partial charge in [0.25, 0.3) is 0 Å². The fraction of sp³-hybridized carbons (Fsp3) is 0.286. The molecule has 5 aromatic rings. The lowest BCUT2D eigenvalue weighted by molar-refractivity contribution is -0.113. The molecule has 0 spiro atoms. The molecule has 3 aromatic heterocycles. The molecule has 6 rings (SSSR count). The van der Waals surface area contributed by atoms with Crippen LogP contribution in [0, 0.1) is 0 Å². The Kier molecular flexibility index (Phi) is 7.15. The molecular weight excluding hydrogens is 514 g/mol. The van der Waals surface area contributed by atoms with E-state index < -0.39 is 0 Å². The number of rotatable bonds is 7. The van der Waals surface area contributed by atoms with E-state index >= 15 is 0 Å². The smallest absolute Gasteiger partial charge is 0.236 e. The summed E-state index contributed by atoms with van der Waals surface area (Å²) in [4.78, 5) is 17.6. The zero-order valence-corrected chi connectivity index (χ0v) is 22.6. The normalized spacial score (nSPS) is 14.1. The predicted molar refractivity (Wildman–Crippen MR) is 152 cm³/mol. The second-order valence-electron chi connectivity index (χ2n) is 9.42. The Morgan fingerprint density at radius 2 is 1.79 bits per heavy atom. The van der Waals surface area contributed by atoms with Crippen molar-refractivity contribution in [3.8, 4) is 22.6 Å². The van der Waals surface area contributed by atoms with Crippen molar-refractivity contribution in [2.75, 3.05) is 11.1 Å². The predicted octanol–water partition coefficient (Wildman–Crippen LogP) is 6.33. The number of carbonyl (C=O) groups is 1. The first-order valence-corrected chi connectivity index (χ1v) is 14.6. The highest BCUT2D eigenvalue weighted by Gasteiger charge is 2.21. The van der Waals surface area contributed by atoms with E-state index in [0.717, 1.165) is 51.4 Å². The standard InChI is InChI=1S/C28H27N7OS2/c1-35-25(21-16-23(18-10-4-2-5-11-18)29-22-15-9-8-14-20(21)22)31-34-28(35)37-17-24(36)30-27-33-32-26(38-27)19-12-6-3-7-13-19/h2,4-5,8-11,14-16,19H,3,6-7,12-13,17H2,1H3,(H,30,33,36). The van der Waals surface area contributed by atoms with Crippen LogP contribution in [0.2, 0.25) is 0 Å². The van der Waals surface area contributed by atoms with Crippen molar-refractivity contribution in [3.05, 3.63) is 65.7 Å². The number of para-hydroxylation sites is 1. The van der Waals surface area contributed by atoms with Crippen LogP contribution in [0.3, 0.4) is 0 Å². The van der Waals surface area contributed by atoms with Gasteiger partial charge in [0.2, 0.25) is 11.0 Å². The first-order valence-electron chi connectivity index (χ1n) is 12.8. The Bertz CT molecular complexity index is 1570. The van der Waals surface area contributed by atoms with Crippen molar-refractivity contribution >= 4 is 45.0 Å². The van der Waals surface area contributed by atoms with E-state index in [-0.39, 0.29) is 11.7 Å². The van der Waals surface area contributed by atoms with Crippen LogP contribution >= 0.6 is 23.1 Å². The minimum atomic E-state index is -0.133. The number of thioether (sulfide) groups is 1. The maximum Gasteiger partial charge on any atom is 0.236 e. The first kappa shape index (κ1) is 24.7. The van der Waals surface area contributed by atoms with Crippen molar-refractivity contribution < 1.29 is 4.79 Å². The fourth-order valence-corrected chi connectivity index (χ4v) is 6.52. The number of amides is 1. The lowest BCUT2D eigenvalue weighted by Gasteiger charge is -2.18. The summed E-state index contributed by atoms with van der Waals surface area (Å²) in [6.45, 7) is 0. The number of aromatic nitrogens is 6. The summed E-state index contributed by atoms with van der Waals surface area (Å²) < 4.78 is 1.93. The van der Waals surface area contributed by atoms with Crippen molar-refractivity contribution in [2.45, 2.75) is 43.2 Å². The summed E-state index contributed by atoms with van der Waals surface area (Å²) in [7, 11) is 1.92. The van der Waals surface area contributed by atoms with Gasteiger partial charge >= 0.3 is 0 Å². The third kappa shape index (κ3) is 5.19. The van der Waals surface area contributed by atoms with Crippen LogP contribution in [0.1, 0.15) is 43.0 Å². The van der Waals surface area contributed by atoms with Crippen molar-refractivity contribution in [2.24, 2.45) is 7.05 Å². The van der Waals surface area contributed by atoms with Crippen LogP contribution in [0.15, 0.2) is 65.8 Å². The van der Waals surface area contributed by atoms with Crippen LogP contribution < -0.4 is 5.32 Å². The lowest BCUT2D eigenvalue weighted by Crippen LogP contribution is -2.14. The Hall–Kier alpha value is -3.63. The van der Waals surface area contributed by atoms with Crippen LogP contribution in [0.4, 0.5) is 5.13 Å². The molecule has 1 saturated carbocycles. The second-order valence-corrected chi connectivity index (χ2v) is 11.4. The summed E-state index contributed by atoms with van der Waals surface area (Å²) >= 11 is 2.84. The summed E-state index contributed by atoms with van der Waals surface area (Å²) in [6, 6.07) is 20.2. The van der Waals surface area contributed by atoms with Gasteiger partial charge in [-0.15, -0.1) is 20.4 Å². The van der Waals surface area contributed by atoms with Crippen molar-refractivity contribution in [3.63, 3.8) is 0 Å². The third-order valence-corrected chi connectivity index (χ3v) is 8.86. The number of nitrogens with zero attached hydrogens (tertiary/aromatic N) is 6. The largest absolute Gasteiger partial charge is 0.305 e. The highest BCUT2D eigenvalue weighted by molar-refractivity contribution is 7.99. The molecule has 0 aliphatic heterocycles. The molecule has 38 heavy (non-hydrogen) atoms. The van der Waals surface area contributed by atoms with Gasteiger partial charge in [0.15, 0.2) is 11.0 Å². The van der Waals surface area contributed by atoms with Crippen molar-refractivity contribution in [1.29, 1.82) is 0 Å². The highest BCUT2D eigenvalue weighted by atomic mass is 32.2. The molecule has 1 amide bonds. The van der Waals surface area contributed by atoms with Gasteiger partial charge in [0.1, 0.15) is 5.01 Å². The van der Waals surface area contributed by atoms with Crippen LogP contribution in [0.25, 0.3) is 33.5 Å². The van der Waals surface area contributed by atoms with E-state index in [2.05, 4.69) is 31.8 Å². The third-order valence-electron chi connectivity index (χ3n) is 6.84. The Morgan fingerprint density at radius 1 is 1.00 bits per heavy atom. The first-order chi connectivity index (χ1) is 18.7. The molecule has 0 unspecified atom stereocenters. The van der Waals surface area contributed by atoms with Gasteiger partial charge in [-0.2, -0.15) is 0 Å².